The number of hydrogen-bond donors (Lipinski definition) is 2. The Labute approximate surface area is 156 Å². The maximum atomic E-state index is 13.5. The Hall–Kier alpha value is -2.51. The molecule has 8 heteroatoms. The van der Waals surface area contributed by atoms with E-state index in [-0.39, 0.29) is 24.4 Å². The third-order valence-electron chi connectivity index (χ3n) is 4.70. The van der Waals surface area contributed by atoms with Crippen molar-refractivity contribution in [2.75, 3.05) is 13.7 Å². The molecular weight excluding hydrogens is 358 g/mol. The molecule has 0 heterocycles. The summed E-state index contributed by atoms with van der Waals surface area (Å²) in [6, 6.07) is 2.70. The monoisotopic (exact) mass is 382 g/mol. The molecule has 1 aromatic rings. The Bertz CT molecular complexity index is 703. The number of ether oxygens (including phenoxy) is 1. The number of carbonyl (C=O) groups excluding carboxylic acids is 3. The second-order valence-corrected chi connectivity index (χ2v) is 6.67. The van der Waals surface area contributed by atoms with Gasteiger partial charge in [-0.25, -0.2) is 13.6 Å². The summed E-state index contributed by atoms with van der Waals surface area (Å²) in [6.07, 6.45) is 4.21. The Balaban J connectivity index is 1.79. The van der Waals surface area contributed by atoms with Crippen LogP contribution in [0.15, 0.2) is 18.2 Å². The topological polar surface area (TPSA) is 84.5 Å². The van der Waals surface area contributed by atoms with Crippen LogP contribution in [0, 0.1) is 11.6 Å². The van der Waals surface area contributed by atoms with Crippen molar-refractivity contribution in [3.05, 3.63) is 35.4 Å². The third-order valence-corrected chi connectivity index (χ3v) is 4.70. The van der Waals surface area contributed by atoms with E-state index < -0.39 is 29.0 Å². The Kier molecular flexibility index (Phi) is 7.27. The summed E-state index contributed by atoms with van der Waals surface area (Å²) >= 11 is 0. The van der Waals surface area contributed by atoms with Crippen molar-refractivity contribution in [2.45, 2.75) is 50.5 Å². The number of amides is 2. The van der Waals surface area contributed by atoms with Gasteiger partial charge >= 0.3 is 5.97 Å². The molecule has 0 bridgehead atoms. The normalized spacial score (nSPS) is 15.7. The van der Waals surface area contributed by atoms with E-state index in [1.54, 1.807) is 0 Å². The predicted molar refractivity (Wildman–Crippen MR) is 93.9 cm³/mol. The standard InChI is InChI=1S/C19H24F2N2O4/c1-27-18(26)19(9-3-2-4-10-19)23-16(24)6-5-11-22-17(25)14-8-7-13(20)12-15(14)21/h7-8,12H,2-6,9-11H2,1H3,(H,22,25)(H,23,24). The molecule has 1 fully saturated rings. The highest BCUT2D eigenvalue weighted by atomic mass is 19.1. The van der Waals surface area contributed by atoms with E-state index in [0.717, 1.165) is 31.4 Å². The van der Waals surface area contributed by atoms with Crippen LogP contribution in [0.1, 0.15) is 55.3 Å². The Morgan fingerprint density at radius 1 is 1.15 bits per heavy atom. The number of benzene rings is 1. The van der Waals surface area contributed by atoms with Crippen LogP contribution in [-0.4, -0.2) is 37.0 Å². The van der Waals surface area contributed by atoms with Gasteiger partial charge in [-0.05, 0) is 31.4 Å². The molecule has 2 N–H and O–H groups in total. The van der Waals surface area contributed by atoms with E-state index in [9.17, 15) is 23.2 Å². The summed E-state index contributed by atoms with van der Waals surface area (Å²) < 4.78 is 31.3. The van der Waals surface area contributed by atoms with Crippen LogP contribution in [0.4, 0.5) is 8.78 Å². The first-order chi connectivity index (χ1) is 12.9. The van der Waals surface area contributed by atoms with Gasteiger partial charge in [-0.15, -0.1) is 0 Å². The highest BCUT2D eigenvalue weighted by molar-refractivity contribution is 5.94. The molecule has 1 saturated carbocycles. The first-order valence-corrected chi connectivity index (χ1v) is 9.00. The molecule has 148 valence electrons. The van der Waals surface area contributed by atoms with Gasteiger partial charge in [0.25, 0.3) is 5.91 Å². The van der Waals surface area contributed by atoms with Crippen molar-refractivity contribution in [3.8, 4) is 0 Å². The largest absolute Gasteiger partial charge is 0.467 e. The van der Waals surface area contributed by atoms with Crippen LogP contribution in [0.25, 0.3) is 0 Å². The number of hydrogen-bond acceptors (Lipinski definition) is 4. The minimum atomic E-state index is -0.968. The van der Waals surface area contributed by atoms with E-state index in [4.69, 9.17) is 4.74 Å². The summed E-state index contributed by atoms with van der Waals surface area (Å²) in [7, 11) is 1.30. The maximum absolute atomic E-state index is 13.5. The van der Waals surface area contributed by atoms with Gasteiger partial charge in [0, 0.05) is 19.0 Å². The second kappa shape index (κ2) is 9.43. The number of nitrogens with one attached hydrogen (secondary N) is 2. The molecule has 2 rings (SSSR count). The van der Waals surface area contributed by atoms with Crippen LogP contribution in [0.3, 0.4) is 0 Å². The fourth-order valence-electron chi connectivity index (χ4n) is 3.28. The maximum Gasteiger partial charge on any atom is 0.331 e. The average Bonchev–Trinajstić information content (AvgIpc) is 2.65. The molecule has 0 saturated heterocycles. The Morgan fingerprint density at radius 2 is 1.85 bits per heavy atom. The van der Waals surface area contributed by atoms with Crippen molar-refractivity contribution in [2.24, 2.45) is 0 Å². The minimum Gasteiger partial charge on any atom is -0.467 e. The first-order valence-electron chi connectivity index (χ1n) is 9.00. The lowest BCUT2D eigenvalue weighted by Gasteiger charge is -2.35. The molecule has 6 nitrogen and oxygen atoms in total. The van der Waals surface area contributed by atoms with Gasteiger partial charge in [0.05, 0.1) is 12.7 Å². The SMILES string of the molecule is COC(=O)C1(NC(=O)CCCNC(=O)c2ccc(F)cc2F)CCCCC1. The number of methoxy groups -OCH3 is 1. The number of halogens is 2. The zero-order valence-electron chi connectivity index (χ0n) is 15.3. The molecule has 27 heavy (non-hydrogen) atoms. The fourth-order valence-corrected chi connectivity index (χ4v) is 3.28. The highest BCUT2D eigenvalue weighted by Gasteiger charge is 2.41. The summed E-state index contributed by atoms with van der Waals surface area (Å²) in [6.45, 7) is 0.147. The summed E-state index contributed by atoms with van der Waals surface area (Å²) in [4.78, 5) is 36.2. The highest BCUT2D eigenvalue weighted by Crippen LogP contribution is 2.29. The molecule has 0 unspecified atom stereocenters. The lowest BCUT2D eigenvalue weighted by Crippen LogP contribution is -2.56. The third kappa shape index (κ3) is 5.48. The van der Waals surface area contributed by atoms with Crippen LogP contribution in [-0.2, 0) is 14.3 Å². The van der Waals surface area contributed by atoms with E-state index in [1.807, 2.05) is 0 Å². The average molecular weight is 382 g/mol. The van der Waals surface area contributed by atoms with Gasteiger partial charge in [0.1, 0.15) is 17.2 Å². The first kappa shape index (κ1) is 20.8. The van der Waals surface area contributed by atoms with Gasteiger partial charge < -0.3 is 15.4 Å². The van der Waals surface area contributed by atoms with Gasteiger partial charge in [-0.3, -0.25) is 9.59 Å². The summed E-state index contributed by atoms with van der Waals surface area (Å²) in [5.74, 6) is -3.11. The lowest BCUT2D eigenvalue weighted by atomic mass is 9.81. The van der Waals surface area contributed by atoms with E-state index in [2.05, 4.69) is 10.6 Å². The minimum absolute atomic E-state index is 0.102. The van der Waals surface area contributed by atoms with Crippen molar-refractivity contribution < 1.29 is 27.9 Å². The molecule has 0 aliphatic heterocycles. The van der Waals surface area contributed by atoms with Crippen molar-refractivity contribution in [1.82, 2.24) is 10.6 Å². The molecule has 0 radical (unpaired) electrons. The molecule has 2 amide bonds. The quantitative estimate of drug-likeness (QED) is 0.560. The van der Waals surface area contributed by atoms with Crippen molar-refractivity contribution in [3.63, 3.8) is 0 Å². The second-order valence-electron chi connectivity index (χ2n) is 6.67. The van der Waals surface area contributed by atoms with Crippen LogP contribution in [0.5, 0.6) is 0 Å². The predicted octanol–water partition coefficient (Wildman–Crippen LogP) is 2.47. The smallest absolute Gasteiger partial charge is 0.331 e. The van der Waals surface area contributed by atoms with Gasteiger partial charge in [0.15, 0.2) is 0 Å². The molecule has 1 aliphatic rings. The summed E-state index contributed by atoms with van der Waals surface area (Å²) in [5, 5.41) is 5.28. The van der Waals surface area contributed by atoms with E-state index in [1.165, 1.54) is 7.11 Å². The molecular formula is C19H24F2N2O4. The number of carbonyl (C=O) groups is 3. The molecule has 0 aromatic heterocycles. The van der Waals surface area contributed by atoms with Crippen LogP contribution in [0.2, 0.25) is 0 Å². The zero-order valence-corrected chi connectivity index (χ0v) is 15.3. The van der Waals surface area contributed by atoms with Gasteiger partial charge in [0.2, 0.25) is 5.91 Å². The molecule has 1 aliphatic carbocycles. The van der Waals surface area contributed by atoms with E-state index >= 15 is 0 Å². The van der Waals surface area contributed by atoms with Gasteiger partial charge in [-0.1, -0.05) is 19.3 Å². The zero-order chi connectivity index (χ0) is 19.9. The fraction of sp³-hybridized carbons (Fsp3) is 0.526. The molecule has 1 aromatic carbocycles. The van der Waals surface area contributed by atoms with Crippen molar-refractivity contribution >= 4 is 17.8 Å². The number of rotatable bonds is 7. The van der Waals surface area contributed by atoms with Gasteiger partial charge in [-0.2, -0.15) is 0 Å². The van der Waals surface area contributed by atoms with Crippen LogP contribution < -0.4 is 10.6 Å². The summed E-state index contributed by atoms with van der Waals surface area (Å²) in [5.41, 5.74) is -1.22. The lowest BCUT2D eigenvalue weighted by molar-refractivity contribution is -0.152. The molecule has 0 atom stereocenters. The van der Waals surface area contributed by atoms with Crippen LogP contribution >= 0.6 is 0 Å². The van der Waals surface area contributed by atoms with Crippen molar-refractivity contribution in [1.29, 1.82) is 0 Å². The van der Waals surface area contributed by atoms with E-state index in [0.29, 0.717) is 25.3 Å². The number of esters is 1. The molecule has 0 spiro atoms. The Morgan fingerprint density at radius 3 is 2.48 bits per heavy atom.